The SMILES string of the molecule is O=C(O)CC1(O)CCN(c2ccc(-c3cc(F)c4c(c3)C(=O)N(C(C(=O)Nc3nccs3)c3ncn5c3CCC5)C4)cc2)CC1. The van der Waals surface area contributed by atoms with Crippen LogP contribution in [0.2, 0.25) is 0 Å². The molecule has 3 aliphatic rings. The summed E-state index contributed by atoms with van der Waals surface area (Å²) in [7, 11) is 0. The van der Waals surface area contributed by atoms with Crippen molar-refractivity contribution in [2.75, 3.05) is 23.3 Å². The number of aryl methyl sites for hydroxylation is 1. The molecule has 0 saturated carbocycles. The van der Waals surface area contributed by atoms with Crippen molar-refractivity contribution >= 4 is 39.9 Å². The molecule has 2 aromatic carbocycles. The van der Waals surface area contributed by atoms with Crippen LogP contribution < -0.4 is 10.2 Å². The van der Waals surface area contributed by atoms with Gasteiger partial charge in [-0.1, -0.05) is 12.1 Å². The third-order valence-electron chi connectivity index (χ3n) is 9.03. The summed E-state index contributed by atoms with van der Waals surface area (Å²) in [5.74, 6) is -2.43. The maximum absolute atomic E-state index is 15.7. The van der Waals surface area contributed by atoms with Gasteiger partial charge in [0.1, 0.15) is 5.82 Å². The van der Waals surface area contributed by atoms with Crippen molar-refractivity contribution in [2.24, 2.45) is 0 Å². The van der Waals surface area contributed by atoms with Crippen LogP contribution in [0.15, 0.2) is 54.3 Å². The number of carboxylic acid groups (broad SMARTS) is 1. The number of hydrogen-bond donors (Lipinski definition) is 3. The van der Waals surface area contributed by atoms with E-state index in [1.165, 1.54) is 22.3 Å². The number of anilines is 2. The zero-order valence-corrected chi connectivity index (χ0v) is 25.1. The van der Waals surface area contributed by atoms with Crippen molar-refractivity contribution < 1.29 is 29.0 Å². The monoisotopic (exact) mass is 630 g/mol. The average molecular weight is 631 g/mol. The lowest BCUT2D eigenvalue weighted by atomic mass is 9.88. The summed E-state index contributed by atoms with van der Waals surface area (Å²) in [6, 6.07) is 9.53. The number of aliphatic hydroxyl groups is 1. The van der Waals surface area contributed by atoms with Crippen LogP contribution in [0.1, 0.15) is 59.0 Å². The van der Waals surface area contributed by atoms with Gasteiger partial charge in [0.15, 0.2) is 11.2 Å². The number of benzene rings is 2. The van der Waals surface area contributed by atoms with Gasteiger partial charge in [0.25, 0.3) is 11.8 Å². The van der Waals surface area contributed by atoms with Gasteiger partial charge in [0.05, 0.1) is 30.6 Å². The van der Waals surface area contributed by atoms with Gasteiger partial charge in [-0.3, -0.25) is 19.7 Å². The maximum Gasteiger partial charge on any atom is 0.306 e. The highest BCUT2D eigenvalue weighted by Gasteiger charge is 2.42. The normalized spacial score (nSPS) is 17.7. The van der Waals surface area contributed by atoms with E-state index in [0.29, 0.717) is 42.3 Å². The molecule has 0 aliphatic carbocycles. The number of thiazole rings is 1. The number of imidazole rings is 1. The lowest BCUT2D eigenvalue weighted by Crippen LogP contribution is -2.45. The summed E-state index contributed by atoms with van der Waals surface area (Å²) in [5.41, 5.74) is 2.81. The first-order valence-corrected chi connectivity index (χ1v) is 15.7. The molecule has 0 bridgehead atoms. The number of rotatable bonds is 8. The average Bonchev–Trinajstić information content (AvgIpc) is 3.81. The molecule has 1 fully saturated rings. The Kier molecular flexibility index (Phi) is 7.37. The van der Waals surface area contributed by atoms with Crippen molar-refractivity contribution in [3.8, 4) is 11.1 Å². The van der Waals surface area contributed by atoms with E-state index in [4.69, 9.17) is 5.11 Å². The number of aliphatic carboxylic acids is 1. The van der Waals surface area contributed by atoms with Crippen LogP contribution >= 0.6 is 11.3 Å². The second kappa shape index (κ2) is 11.4. The van der Waals surface area contributed by atoms with E-state index < -0.39 is 35.2 Å². The number of amides is 2. The Labute approximate surface area is 262 Å². The topological polar surface area (TPSA) is 141 Å². The minimum atomic E-state index is -1.21. The van der Waals surface area contributed by atoms with Crippen LogP contribution in [0, 0.1) is 5.82 Å². The molecule has 45 heavy (non-hydrogen) atoms. The maximum atomic E-state index is 15.7. The third kappa shape index (κ3) is 5.46. The van der Waals surface area contributed by atoms with Gasteiger partial charge in [-0.15, -0.1) is 11.3 Å². The van der Waals surface area contributed by atoms with Gasteiger partial charge in [0, 0.05) is 53.7 Å². The Morgan fingerprint density at radius 1 is 1.09 bits per heavy atom. The molecule has 5 heterocycles. The molecule has 3 N–H and O–H groups in total. The number of nitrogens with one attached hydrogen (secondary N) is 1. The van der Waals surface area contributed by atoms with E-state index in [1.807, 2.05) is 28.8 Å². The summed E-state index contributed by atoms with van der Waals surface area (Å²) in [6.45, 7) is 1.75. The largest absolute Gasteiger partial charge is 0.481 e. The van der Waals surface area contributed by atoms with Crippen molar-refractivity contribution in [3.05, 3.63) is 82.6 Å². The highest BCUT2D eigenvalue weighted by Crippen LogP contribution is 2.38. The summed E-state index contributed by atoms with van der Waals surface area (Å²) in [5, 5.41) is 24.6. The van der Waals surface area contributed by atoms with Crippen LogP contribution in [0.3, 0.4) is 0 Å². The molecule has 7 rings (SSSR count). The van der Waals surface area contributed by atoms with Gasteiger partial charge in [-0.25, -0.2) is 14.4 Å². The highest BCUT2D eigenvalue weighted by atomic mass is 32.1. The Hall–Kier alpha value is -4.62. The molecule has 13 heteroatoms. The molecule has 11 nitrogen and oxygen atoms in total. The van der Waals surface area contributed by atoms with E-state index in [9.17, 15) is 19.5 Å². The predicted molar refractivity (Wildman–Crippen MR) is 164 cm³/mol. The minimum Gasteiger partial charge on any atom is -0.481 e. The number of halogens is 1. The van der Waals surface area contributed by atoms with Crippen molar-refractivity contribution in [3.63, 3.8) is 0 Å². The van der Waals surface area contributed by atoms with E-state index in [-0.39, 0.29) is 24.1 Å². The first kappa shape index (κ1) is 29.1. The first-order chi connectivity index (χ1) is 21.7. The third-order valence-corrected chi connectivity index (χ3v) is 9.72. The molecule has 0 spiro atoms. The zero-order chi connectivity index (χ0) is 31.3. The number of piperidine rings is 1. The number of aromatic nitrogens is 3. The van der Waals surface area contributed by atoms with E-state index >= 15 is 4.39 Å². The van der Waals surface area contributed by atoms with Crippen LogP contribution in [0.5, 0.6) is 0 Å². The summed E-state index contributed by atoms with van der Waals surface area (Å²) >= 11 is 1.27. The molecule has 1 unspecified atom stereocenters. The Morgan fingerprint density at radius 2 is 1.87 bits per heavy atom. The lowest BCUT2D eigenvalue weighted by Gasteiger charge is -2.38. The molecule has 2 aromatic heterocycles. The minimum absolute atomic E-state index is 0.0648. The molecular weight excluding hydrogens is 599 g/mol. The van der Waals surface area contributed by atoms with Crippen LogP contribution in [-0.4, -0.2) is 66.1 Å². The number of nitrogens with zero attached hydrogens (tertiary/aromatic N) is 5. The predicted octanol–water partition coefficient (Wildman–Crippen LogP) is 4.23. The first-order valence-electron chi connectivity index (χ1n) is 14.9. The van der Waals surface area contributed by atoms with E-state index in [1.54, 1.807) is 24.0 Å². The smallest absolute Gasteiger partial charge is 0.306 e. The van der Waals surface area contributed by atoms with Crippen LogP contribution in [-0.2, 0) is 29.1 Å². The van der Waals surface area contributed by atoms with E-state index in [2.05, 4.69) is 20.2 Å². The summed E-state index contributed by atoms with van der Waals surface area (Å²) in [4.78, 5) is 50.9. The van der Waals surface area contributed by atoms with Crippen molar-refractivity contribution in [1.29, 1.82) is 0 Å². The number of carbonyl (C=O) groups excluding carboxylic acids is 2. The summed E-state index contributed by atoms with van der Waals surface area (Å²) < 4.78 is 17.7. The molecule has 1 atom stereocenters. The summed E-state index contributed by atoms with van der Waals surface area (Å²) in [6.07, 6.45) is 5.35. The molecule has 3 aliphatic heterocycles. The van der Waals surface area contributed by atoms with E-state index in [0.717, 1.165) is 36.3 Å². The Morgan fingerprint density at radius 3 is 2.58 bits per heavy atom. The zero-order valence-electron chi connectivity index (χ0n) is 24.3. The van der Waals surface area contributed by atoms with Gasteiger partial charge >= 0.3 is 5.97 Å². The quantitative estimate of drug-likeness (QED) is 0.263. The van der Waals surface area contributed by atoms with Gasteiger partial charge in [0.2, 0.25) is 0 Å². The second-order valence-corrected chi connectivity index (χ2v) is 12.7. The Bertz CT molecular complexity index is 1780. The Balaban J connectivity index is 1.13. The second-order valence-electron chi connectivity index (χ2n) is 11.8. The molecule has 0 radical (unpaired) electrons. The molecule has 4 aromatic rings. The fourth-order valence-electron chi connectivity index (χ4n) is 6.67. The van der Waals surface area contributed by atoms with Crippen molar-refractivity contribution in [2.45, 2.75) is 56.8 Å². The fourth-order valence-corrected chi connectivity index (χ4v) is 7.20. The van der Waals surface area contributed by atoms with Gasteiger partial charge in [-0.2, -0.15) is 0 Å². The fraction of sp³-hybridized carbons (Fsp3) is 0.344. The number of carboxylic acids is 1. The standard InChI is InChI=1S/C32H31FN6O5S/c33-24-15-20(19-3-5-21(6-4-19)37-11-7-32(44,8-12-37)16-26(40)41)14-22-23(24)17-39(30(22)43)28(29(42)36-31-34-9-13-45-31)27-25-2-1-10-38(25)18-35-27/h3-6,9,13-15,18,28,44H,1-2,7-8,10-12,16-17H2,(H,40,41)(H,34,36,42). The lowest BCUT2D eigenvalue weighted by molar-refractivity contribution is -0.143. The number of fused-ring (bicyclic) bond motifs is 2. The molecule has 1 saturated heterocycles. The van der Waals surface area contributed by atoms with Crippen LogP contribution in [0.25, 0.3) is 11.1 Å². The van der Waals surface area contributed by atoms with Crippen molar-refractivity contribution in [1.82, 2.24) is 19.4 Å². The van der Waals surface area contributed by atoms with Gasteiger partial charge in [-0.05, 0) is 61.1 Å². The molecule has 232 valence electrons. The van der Waals surface area contributed by atoms with Crippen LogP contribution in [0.4, 0.5) is 15.2 Å². The number of carbonyl (C=O) groups is 3. The molecular formula is C32H31FN6O5S. The molecule has 2 amide bonds. The van der Waals surface area contributed by atoms with Gasteiger partial charge < -0.3 is 24.6 Å². The highest BCUT2D eigenvalue weighted by molar-refractivity contribution is 7.13. The number of hydrogen-bond acceptors (Lipinski definition) is 8.